The van der Waals surface area contributed by atoms with Crippen molar-refractivity contribution in [2.75, 3.05) is 11.1 Å². The maximum atomic E-state index is 11.9. The van der Waals surface area contributed by atoms with Crippen LogP contribution in [-0.2, 0) is 20.2 Å². The number of nitrogens with zero attached hydrogens (tertiary/aromatic N) is 4. The van der Waals surface area contributed by atoms with Crippen molar-refractivity contribution in [1.29, 1.82) is 0 Å². The summed E-state index contributed by atoms with van der Waals surface area (Å²) in [6.45, 7) is 1.91. The van der Waals surface area contributed by atoms with Crippen molar-refractivity contribution in [3.8, 4) is 0 Å². The molecule has 0 aliphatic carbocycles. The highest BCUT2D eigenvalue weighted by atomic mass is 32.2. The lowest BCUT2D eigenvalue weighted by Gasteiger charge is -2.08. The molecular weight excluding hydrogens is 544 g/mol. The van der Waals surface area contributed by atoms with E-state index in [0.29, 0.717) is 22.3 Å². The number of hydrogen-bond acceptors (Lipinski definition) is 11. The molecule has 37 heavy (non-hydrogen) atoms. The summed E-state index contributed by atoms with van der Waals surface area (Å²) in [5.41, 5.74) is 0.284. The van der Waals surface area contributed by atoms with Gasteiger partial charge in [-0.15, -0.1) is 0 Å². The van der Waals surface area contributed by atoms with Crippen LogP contribution in [0.15, 0.2) is 84.6 Å². The molecule has 4 rings (SSSR count). The van der Waals surface area contributed by atoms with Gasteiger partial charge in [0.05, 0.1) is 11.4 Å². The molecule has 16 heteroatoms. The summed E-state index contributed by atoms with van der Waals surface area (Å²) in [5, 5.41) is 11.0. The first-order chi connectivity index (χ1) is 17.4. The molecule has 0 saturated carbocycles. The highest BCUT2D eigenvalue weighted by molar-refractivity contribution is 7.99. The second kappa shape index (κ2) is 10.3. The van der Waals surface area contributed by atoms with Crippen molar-refractivity contribution in [2.45, 2.75) is 21.9 Å². The number of hydrogen-bond donors (Lipinski definition) is 4. The normalized spacial score (nSPS) is 12.3. The monoisotopic (exact) mass is 562 g/mol. The Morgan fingerprint density at radius 3 is 2.22 bits per heavy atom. The third-order valence-corrected chi connectivity index (χ3v) is 7.31. The van der Waals surface area contributed by atoms with Crippen LogP contribution < -0.4 is 11.0 Å². The van der Waals surface area contributed by atoms with E-state index in [1.165, 1.54) is 30.0 Å². The number of nitrogens with one attached hydrogen (secondary N) is 2. The predicted molar refractivity (Wildman–Crippen MR) is 137 cm³/mol. The van der Waals surface area contributed by atoms with Gasteiger partial charge in [0.1, 0.15) is 9.79 Å². The van der Waals surface area contributed by atoms with Gasteiger partial charge in [-0.25, -0.2) is 4.79 Å². The first-order valence-corrected chi connectivity index (χ1v) is 14.2. The number of anilines is 2. The van der Waals surface area contributed by atoms with Crippen LogP contribution in [0.1, 0.15) is 6.92 Å². The maximum Gasteiger partial charge on any atom is 0.350 e. The van der Waals surface area contributed by atoms with Gasteiger partial charge in [0.15, 0.2) is 5.16 Å². The molecule has 0 atom stereocenters. The molecular formula is C21H18N6O7S3. The van der Waals surface area contributed by atoms with Crippen LogP contribution >= 0.6 is 11.8 Å². The molecule has 1 aromatic heterocycles. The van der Waals surface area contributed by atoms with Gasteiger partial charge in [-0.3, -0.25) is 14.1 Å². The van der Waals surface area contributed by atoms with Gasteiger partial charge < -0.3 is 5.32 Å². The third-order valence-electron chi connectivity index (χ3n) is 4.77. The number of aromatic amines is 1. The highest BCUT2D eigenvalue weighted by Crippen LogP contribution is 2.33. The largest absolute Gasteiger partial charge is 0.350 e. The minimum atomic E-state index is -4.77. The first-order valence-electron chi connectivity index (χ1n) is 10.4. The number of rotatable bonds is 8. The summed E-state index contributed by atoms with van der Waals surface area (Å²) in [5.74, 6) is 0.900. The Kier molecular flexibility index (Phi) is 7.37. The smallest absolute Gasteiger partial charge is 0.326 e. The van der Waals surface area contributed by atoms with E-state index in [2.05, 4.69) is 30.5 Å². The molecule has 4 N–H and O–H groups in total. The lowest BCUT2D eigenvalue weighted by molar-refractivity contribution is 0.481. The van der Waals surface area contributed by atoms with Crippen LogP contribution in [0, 0.1) is 0 Å². The Morgan fingerprint density at radius 2 is 1.57 bits per heavy atom. The summed E-state index contributed by atoms with van der Waals surface area (Å²) in [7, 11) is -9.47. The van der Waals surface area contributed by atoms with Gasteiger partial charge in [-0.1, -0.05) is 30.8 Å². The molecule has 0 unspecified atom stereocenters. The van der Waals surface area contributed by atoms with Crippen LogP contribution in [0.3, 0.4) is 0 Å². The average molecular weight is 563 g/mol. The number of thioether (sulfide) groups is 1. The van der Waals surface area contributed by atoms with E-state index in [0.717, 1.165) is 12.1 Å². The zero-order valence-electron chi connectivity index (χ0n) is 18.9. The third kappa shape index (κ3) is 6.36. The molecule has 0 fully saturated rings. The van der Waals surface area contributed by atoms with Gasteiger partial charge in [-0.05, 0) is 48.2 Å². The van der Waals surface area contributed by atoms with E-state index in [1.54, 1.807) is 24.3 Å². The first kappa shape index (κ1) is 26.4. The molecule has 0 radical (unpaired) electrons. The number of fused-ring (bicyclic) bond motifs is 1. The quantitative estimate of drug-likeness (QED) is 0.137. The maximum absolute atomic E-state index is 11.9. The van der Waals surface area contributed by atoms with Gasteiger partial charge in [0.25, 0.3) is 20.2 Å². The molecule has 1 heterocycles. The fourth-order valence-electron chi connectivity index (χ4n) is 3.29. The molecule has 4 aromatic rings. The van der Waals surface area contributed by atoms with Crippen molar-refractivity contribution in [3.05, 3.63) is 65.1 Å². The lowest BCUT2D eigenvalue weighted by Crippen LogP contribution is -2.15. The summed E-state index contributed by atoms with van der Waals surface area (Å²) in [6.07, 6.45) is 0. The van der Waals surface area contributed by atoms with Crippen molar-refractivity contribution < 1.29 is 25.9 Å². The van der Waals surface area contributed by atoms with Crippen LogP contribution in [0.2, 0.25) is 0 Å². The molecule has 0 saturated heterocycles. The predicted octanol–water partition coefficient (Wildman–Crippen LogP) is 4.08. The van der Waals surface area contributed by atoms with Crippen LogP contribution in [-0.4, -0.2) is 46.6 Å². The topological polar surface area (TPSA) is 204 Å². The van der Waals surface area contributed by atoms with Gasteiger partial charge in [-0.2, -0.15) is 37.0 Å². The summed E-state index contributed by atoms with van der Waals surface area (Å²) in [6, 6.07) is 12.3. The zero-order chi connectivity index (χ0) is 26.8. The van der Waals surface area contributed by atoms with E-state index in [9.17, 15) is 30.7 Å². The van der Waals surface area contributed by atoms with E-state index < -0.39 is 35.7 Å². The van der Waals surface area contributed by atoms with Crippen LogP contribution in [0.25, 0.3) is 10.8 Å². The van der Waals surface area contributed by atoms with E-state index >= 15 is 0 Å². The Hall–Kier alpha value is -3.70. The van der Waals surface area contributed by atoms with Crippen molar-refractivity contribution in [1.82, 2.24) is 15.0 Å². The second-order valence-electron chi connectivity index (χ2n) is 7.34. The fourth-order valence-corrected chi connectivity index (χ4v) is 5.27. The molecule has 192 valence electrons. The van der Waals surface area contributed by atoms with Gasteiger partial charge in [0.2, 0.25) is 5.95 Å². The second-order valence-corrected chi connectivity index (χ2v) is 11.3. The number of benzene rings is 3. The van der Waals surface area contributed by atoms with Gasteiger partial charge >= 0.3 is 5.69 Å². The molecule has 0 amide bonds. The van der Waals surface area contributed by atoms with Crippen LogP contribution in [0.5, 0.6) is 0 Å². The Morgan fingerprint density at radius 1 is 0.892 bits per heavy atom. The van der Waals surface area contributed by atoms with Crippen molar-refractivity contribution in [2.24, 2.45) is 10.2 Å². The SMILES string of the molecule is CCSc1nc(Nc2ccc(N=Nc3cc(S(=O)(=O)O)c4cccc(S(=O)(=O)O)c4c3)cc2)[nH]c(=O)n1. The Labute approximate surface area is 214 Å². The Bertz CT molecular complexity index is 1790. The molecule has 13 nitrogen and oxygen atoms in total. The molecule has 0 aliphatic rings. The highest BCUT2D eigenvalue weighted by Gasteiger charge is 2.21. The number of aromatic nitrogens is 3. The average Bonchev–Trinajstić information content (AvgIpc) is 2.81. The molecule has 0 aliphatic heterocycles. The van der Waals surface area contributed by atoms with E-state index in [1.807, 2.05) is 6.92 Å². The number of azo groups is 1. The molecule has 3 aromatic carbocycles. The van der Waals surface area contributed by atoms with Gasteiger partial charge in [0, 0.05) is 16.5 Å². The standard InChI is InChI=1S/C21H18N6O7S3/c1-2-35-21-24-19(23-20(28)25-21)22-12-6-8-13(9-7-12)26-27-14-10-16-15(18(11-14)37(32,33)34)4-3-5-17(16)36(29,30)31/h3-11H,2H2,1H3,(H,29,30,31)(H,32,33,34)(H2,22,23,24,25,28). The van der Waals surface area contributed by atoms with Crippen molar-refractivity contribution in [3.63, 3.8) is 0 Å². The molecule has 0 spiro atoms. The van der Waals surface area contributed by atoms with E-state index in [4.69, 9.17) is 0 Å². The zero-order valence-corrected chi connectivity index (χ0v) is 21.3. The minimum absolute atomic E-state index is 0.0852. The summed E-state index contributed by atoms with van der Waals surface area (Å²) in [4.78, 5) is 21.0. The lowest BCUT2D eigenvalue weighted by atomic mass is 10.1. The van der Waals surface area contributed by atoms with Crippen molar-refractivity contribution >= 4 is 65.8 Å². The molecule has 0 bridgehead atoms. The van der Waals surface area contributed by atoms with Crippen LogP contribution in [0.4, 0.5) is 23.0 Å². The summed E-state index contributed by atoms with van der Waals surface area (Å²) >= 11 is 1.32. The van der Waals surface area contributed by atoms with E-state index in [-0.39, 0.29) is 22.4 Å². The number of H-pyrrole nitrogens is 1. The Balaban J connectivity index is 1.65. The minimum Gasteiger partial charge on any atom is -0.326 e. The fraction of sp³-hybridized carbons (Fsp3) is 0.0952. The summed E-state index contributed by atoms with van der Waals surface area (Å²) < 4.78 is 66.6.